The lowest BCUT2D eigenvalue weighted by molar-refractivity contribution is 0.591. The Morgan fingerprint density at radius 2 is 1.87 bits per heavy atom. The van der Waals surface area contributed by atoms with Crippen LogP contribution in [0.5, 0.6) is 0 Å². The monoisotopic (exact) mass is 411 g/mol. The van der Waals surface area contributed by atoms with E-state index in [1.807, 2.05) is 0 Å². The summed E-state index contributed by atoms with van der Waals surface area (Å²) in [5.41, 5.74) is 4.15. The van der Waals surface area contributed by atoms with Gasteiger partial charge in [0.1, 0.15) is 17.5 Å². The highest BCUT2D eigenvalue weighted by atomic mass is 19.1. The molecule has 2 atom stereocenters. The van der Waals surface area contributed by atoms with E-state index >= 15 is 0 Å². The Morgan fingerprint density at radius 1 is 1.13 bits per heavy atom. The minimum atomic E-state index is -0.654. The summed E-state index contributed by atoms with van der Waals surface area (Å²) < 4.78 is 41.7. The summed E-state index contributed by atoms with van der Waals surface area (Å²) in [4.78, 5) is 3.07. The van der Waals surface area contributed by atoms with E-state index in [1.54, 1.807) is 12.1 Å². The molecule has 0 spiro atoms. The van der Waals surface area contributed by atoms with Crippen LogP contribution < -0.4 is 10.6 Å². The third-order valence-corrected chi connectivity index (χ3v) is 5.56. The van der Waals surface area contributed by atoms with Crippen LogP contribution in [0.15, 0.2) is 61.0 Å². The molecule has 3 aromatic rings. The lowest BCUT2D eigenvalue weighted by atomic mass is 10.00. The van der Waals surface area contributed by atoms with Crippen molar-refractivity contribution in [3.8, 4) is 11.3 Å². The van der Waals surface area contributed by atoms with Crippen molar-refractivity contribution in [1.82, 2.24) is 15.6 Å². The number of nitrogens with one attached hydrogen (secondary N) is 3. The van der Waals surface area contributed by atoms with E-state index < -0.39 is 11.6 Å². The number of aryl methyl sites for hydroxylation is 1. The number of aromatic amines is 1. The van der Waals surface area contributed by atoms with E-state index in [0.29, 0.717) is 35.5 Å². The quantitative estimate of drug-likeness (QED) is 0.498. The molecule has 156 valence electrons. The Morgan fingerprint density at radius 3 is 2.53 bits per heavy atom. The molecular weight excluding hydrogens is 387 g/mol. The van der Waals surface area contributed by atoms with E-state index in [2.05, 4.69) is 35.7 Å². The number of aromatic nitrogens is 1. The summed E-state index contributed by atoms with van der Waals surface area (Å²) in [5, 5.41) is 7.18. The molecule has 0 aliphatic carbocycles. The maximum absolute atomic E-state index is 14.4. The molecule has 30 heavy (non-hydrogen) atoms. The molecule has 3 N–H and O–H groups in total. The fourth-order valence-corrected chi connectivity index (χ4v) is 4.11. The van der Waals surface area contributed by atoms with Crippen molar-refractivity contribution in [3.63, 3.8) is 0 Å². The Bertz CT molecular complexity index is 1110. The molecule has 0 radical (unpaired) electrons. The Hall–Kier alpha value is -3.15. The molecule has 0 bridgehead atoms. The largest absolute Gasteiger partial charge is 0.385 e. The van der Waals surface area contributed by atoms with Crippen LogP contribution in [0, 0.1) is 17.5 Å². The van der Waals surface area contributed by atoms with Crippen LogP contribution >= 0.6 is 0 Å². The third kappa shape index (κ3) is 3.95. The van der Waals surface area contributed by atoms with E-state index in [0.717, 1.165) is 29.4 Å². The SMILES string of the molecule is C=C(CCc1c(-c2ccc(F)cc2)[nH]c2c(F)cc(F)cc12)NC1CC(C)NC1=C. The van der Waals surface area contributed by atoms with Gasteiger partial charge in [-0.1, -0.05) is 13.2 Å². The van der Waals surface area contributed by atoms with Crippen LogP contribution in [0.4, 0.5) is 13.2 Å². The molecule has 6 heteroatoms. The first-order valence-electron chi connectivity index (χ1n) is 9.97. The Balaban J connectivity index is 1.63. The molecule has 2 heterocycles. The summed E-state index contributed by atoms with van der Waals surface area (Å²) in [7, 11) is 0. The van der Waals surface area contributed by atoms with Gasteiger partial charge in [0.25, 0.3) is 0 Å². The average molecular weight is 411 g/mol. The number of H-pyrrole nitrogens is 1. The van der Waals surface area contributed by atoms with Gasteiger partial charge in [-0.15, -0.1) is 0 Å². The van der Waals surface area contributed by atoms with Crippen LogP contribution in [-0.4, -0.2) is 17.1 Å². The summed E-state index contributed by atoms with van der Waals surface area (Å²) in [6, 6.07) is 8.61. The van der Waals surface area contributed by atoms with Crippen LogP contribution in [-0.2, 0) is 6.42 Å². The molecule has 1 aliphatic rings. The van der Waals surface area contributed by atoms with Gasteiger partial charge in [-0.25, -0.2) is 13.2 Å². The number of hydrogen-bond acceptors (Lipinski definition) is 2. The predicted octanol–water partition coefficient (Wildman–Crippen LogP) is 5.55. The van der Waals surface area contributed by atoms with Crippen molar-refractivity contribution < 1.29 is 13.2 Å². The van der Waals surface area contributed by atoms with E-state index in [1.165, 1.54) is 18.2 Å². The van der Waals surface area contributed by atoms with Crippen molar-refractivity contribution >= 4 is 10.9 Å². The lowest BCUT2D eigenvalue weighted by Crippen LogP contribution is -2.28. The minimum Gasteiger partial charge on any atom is -0.385 e. The van der Waals surface area contributed by atoms with Crippen molar-refractivity contribution in [1.29, 1.82) is 0 Å². The molecule has 1 fully saturated rings. The van der Waals surface area contributed by atoms with E-state index in [4.69, 9.17) is 0 Å². The van der Waals surface area contributed by atoms with E-state index in [9.17, 15) is 13.2 Å². The zero-order chi connectivity index (χ0) is 21.4. The first kappa shape index (κ1) is 20.1. The molecule has 2 aromatic carbocycles. The Kier molecular flexibility index (Phi) is 5.33. The van der Waals surface area contributed by atoms with Gasteiger partial charge in [-0.3, -0.25) is 0 Å². The van der Waals surface area contributed by atoms with Crippen LogP contribution in [0.3, 0.4) is 0 Å². The Labute approximate surface area is 173 Å². The second-order valence-corrected chi connectivity index (χ2v) is 7.90. The predicted molar refractivity (Wildman–Crippen MR) is 114 cm³/mol. The molecule has 2 unspecified atom stereocenters. The maximum Gasteiger partial charge on any atom is 0.150 e. The standard InChI is InChI=1S/C24H24F3N3/c1-13(29-22-10-14(2)28-15(22)3)4-9-19-20-11-18(26)12-21(27)24(20)30-23(19)16-5-7-17(25)8-6-16/h5-8,11-12,14,22,28-30H,1,3-4,9-10H2,2H3. The summed E-state index contributed by atoms with van der Waals surface area (Å²) in [5.74, 6) is -1.64. The number of hydrogen-bond donors (Lipinski definition) is 3. The van der Waals surface area contributed by atoms with Crippen molar-refractivity contribution in [3.05, 3.63) is 84.0 Å². The minimum absolute atomic E-state index is 0.113. The van der Waals surface area contributed by atoms with Crippen molar-refractivity contribution in [2.45, 2.75) is 38.3 Å². The average Bonchev–Trinajstić information content (AvgIpc) is 3.20. The summed E-state index contributed by atoms with van der Waals surface area (Å²) in [6.45, 7) is 10.3. The fourth-order valence-electron chi connectivity index (χ4n) is 4.11. The molecule has 1 saturated heterocycles. The van der Waals surface area contributed by atoms with Crippen molar-refractivity contribution in [2.24, 2.45) is 0 Å². The van der Waals surface area contributed by atoms with Gasteiger partial charge in [0.2, 0.25) is 0 Å². The highest BCUT2D eigenvalue weighted by Gasteiger charge is 2.24. The van der Waals surface area contributed by atoms with Gasteiger partial charge in [0.15, 0.2) is 0 Å². The van der Waals surface area contributed by atoms with Gasteiger partial charge in [0, 0.05) is 34.6 Å². The summed E-state index contributed by atoms with van der Waals surface area (Å²) >= 11 is 0. The highest BCUT2D eigenvalue weighted by molar-refractivity contribution is 5.91. The van der Waals surface area contributed by atoms with Crippen LogP contribution in [0.2, 0.25) is 0 Å². The number of halogens is 3. The van der Waals surface area contributed by atoms with Crippen molar-refractivity contribution in [2.75, 3.05) is 0 Å². The van der Waals surface area contributed by atoms with Gasteiger partial charge < -0.3 is 15.6 Å². The first-order chi connectivity index (χ1) is 14.3. The normalized spacial score (nSPS) is 18.6. The van der Waals surface area contributed by atoms with Gasteiger partial charge >= 0.3 is 0 Å². The molecule has 1 aromatic heterocycles. The van der Waals surface area contributed by atoms with Crippen LogP contribution in [0.25, 0.3) is 22.2 Å². The smallest absolute Gasteiger partial charge is 0.150 e. The number of allylic oxidation sites excluding steroid dienone is 1. The first-order valence-corrected chi connectivity index (χ1v) is 9.97. The molecular formula is C24H24F3N3. The van der Waals surface area contributed by atoms with E-state index in [-0.39, 0.29) is 17.4 Å². The molecule has 0 saturated carbocycles. The molecule has 0 amide bonds. The zero-order valence-electron chi connectivity index (χ0n) is 16.8. The number of rotatable bonds is 6. The fraction of sp³-hybridized carbons (Fsp3) is 0.250. The summed E-state index contributed by atoms with van der Waals surface area (Å²) in [6.07, 6.45) is 2.02. The molecule has 1 aliphatic heterocycles. The van der Waals surface area contributed by atoms with Gasteiger partial charge in [-0.05, 0) is 67.6 Å². The second kappa shape index (κ2) is 7.94. The maximum atomic E-state index is 14.4. The third-order valence-electron chi connectivity index (χ3n) is 5.56. The zero-order valence-corrected chi connectivity index (χ0v) is 16.8. The highest BCUT2D eigenvalue weighted by Crippen LogP contribution is 2.34. The van der Waals surface area contributed by atoms with Gasteiger partial charge in [0.05, 0.1) is 11.6 Å². The second-order valence-electron chi connectivity index (χ2n) is 7.90. The topological polar surface area (TPSA) is 39.9 Å². The lowest BCUT2D eigenvalue weighted by Gasteiger charge is -2.17. The number of fused-ring (bicyclic) bond motifs is 1. The van der Waals surface area contributed by atoms with Gasteiger partial charge in [-0.2, -0.15) is 0 Å². The number of benzene rings is 2. The van der Waals surface area contributed by atoms with Crippen LogP contribution in [0.1, 0.15) is 25.3 Å². The molecule has 4 rings (SSSR count). The molecule has 3 nitrogen and oxygen atoms in total.